The van der Waals surface area contributed by atoms with Gasteiger partial charge in [-0.1, -0.05) is 32.6 Å². The molecule has 178 valence electrons. The molecule has 0 spiro atoms. The monoisotopic (exact) mass is 470 g/mol. The van der Waals surface area contributed by atoms with Crippen LogP contribution in [0.2, 0.25) is 0 Å². The minimum Gasteiger partial charge on any atom is -0.494 e. The van der Waals surface area contributed by atoms with Crippen LogP contribution in [-0.2, 0) is 11.3 Å². The van der Waals surface area contributed by atoms with Crippen molar-refractivity contribution >= 4 is 28.9 Å². The van der Waals surface area contributed by atoms with Crippen molar-refractivity contribution in [2.45, 2.75) is 45.6 Å². The lowest BCUT2D eigenvalue weighted by molar-refractivity contribution is 0.0336. The molecule has 3 rings (SSSR count). The Kier molecular flexibility index (Phi) is 10.5. The molecule has 0 radical (unpaired) electrons. The predicted octanol–water partition coefficient (Wildman–Crippen LogP) is 4.39. The van der Waals surface area contributed by atoms with E-state index in [4.69, 9.17) is 21.7 Å². The van der Waals surface area contributed by atoms with Gasteiger partial charge < -0.3 is 14.8 Å². The molecular weight excluding hydrogens is 436 g/mol. The number of rotatable bonds is 11. The van der Waals surface area contributed by atoms with E-state index in [-0.39, 0.29) is 11.0 Å². The number of hydrogen-bond acceptors (Lipinski definition) is 6. The first-order chi connectivity index (χ1) is 16.1. The fraction of sp³-hybridized carbons (Fsp3) is 0.480. The Hall–Kier alpha value is -2.55. The Labute approximate surface area is 201 Å². The standard InChI is InChI=1S/C25H34N4O3S/c1-2-3-4-5-6-15-32-23-11-9-21(10-12-23)27-25(33)28-24(30)20-7-8-22(26-18-20)19-29-13-16-31-17-14-29/h7-12,18H,2-6,13-17,19H2,1H3,(H2,27,28,30,33). The largest absolute Gasteiger partial charge is 0.494 e. The first-order valence-electron chi connectivity index (χ1n) is 11.7. The van der Waals surface area contributed by atoms with E-state index >= 15 is 0 Å². The predicted molar refractivity (Wildman–Crippen MR) is 135 cm³/mol. The summed E-state index contributed by atoms with van der Waals surface area (Å²) in [5.41, 5.74) is 2.18. The van der Waals surface area contributed by atoms with Gasteiger partial charge in [0.25, 0.3) is 5.91 Å². The number of anilines is 1. The molecular formula is C25H34N4O3S. The third-order valence-corrected chi connectivity index (χ3v) is 5.64. The van der Waals surface area contributed by atoms with E-state index in [1.165, 1.54) is 25.7 Å². The third kappa shape index (κ3) is 9.07. The number of ether oxygens (including phenoxy) is 2. The molecule has 1 saturated heterocycles. The molecule has 2 aromatic rings. The molecule has 2 N–H and O–H groups in total. The van der Waals surface area contributed by atoms with Gasteiger partial charge in [0.05, 0.1) is 31.1 Å². The van der Waals surface area contributed by atoms with Gasteiger partial charge in [-0.15, -0.1) is 0 Å². The van der Waals surface area contributed by atoms with Gasteiger partial charge in [-0.3, -0.25) is 20.0 Å². The quantitative estimate of drug-likeness (QED) is 0.373. The zero-order valence-corrected chi connectivity index (χ0v) is 20.2. The second-order valence-corrected chi connectivity index (χ2v) is 8.53. The van der Waals surface area contributed by atoms with Gasteiger partial charge in [-0.25, -0.2) is 0 Å². The lowest BCUT2D eigenvalue weighted by Gasteiger charge is -2.26. The van der Waals surface area contributed by atoms with Crippen molar-refractivity contribution in [1.82, 2.24) is 15.2 Å². The molecule has 0 atom stereocenters. The summed E-state index contributed by atoms with van der Waals surface area (Å²) in [6.45, 7) is 6.99. The average Bonchev–Trinajstić information content (AvgIpc) is 2.83. The number of pyridine rings is 1. The van der Waals surface area contributed by atoms with E-state index in [1.807, 2.05) is 30.3 Å². The summed E-state index contributed by atoms with van der Waals surface area (Å²) in [5.74, 6) is 0.537. The summed E-state index contributed by atoms with van der Waals surface area (Å²) in [4.78, 5) is 19.2. The number of nitrogens with one attached hydrogen (secondary N) is 2. The Morgan fingerprint density at radius 2 is 1.85 bits per heavy atom. The number of thiocarbonyl (C=S) groups is 1. The van der Waals surface area contributed by atoms with Crippen molar-refractivity contribution in [3.05, 3.63) is 53.9 Å². The summed E-state index contributed by atoms with van der Waals surface area (Å²) in [5, 5.41) is 5.97. The molecule has 1 aromatic carbocycles. The molecule has 1 aliphatic heterocycles. The zero-order chi connectivity index (χ0) is 23.3. The fourth-order valence-corrected chi connectivity index (χ4v) is 3.72. The fourth-order valence-electron chi connectivity index (χ4n) is 3.51. The Morgan fingerprint density at radius 3 is 2.55 bits per heavy atom. The smallest absolute Gasteiger partial charge is 0.258 e. The highest BCUT2D eigenvalue weighted by molar-refractivity contribution is 7.80. The van der Waals surface area contributed by atoms with Crippen LogP contribution >= 0.6 is 12.2 Å². The molecule has 1 aromatic heterocycles. The molecule has 1 aliphatic rings. The highest BCUT2D eigenvalue weighted by Crippen LogP contribution is 2.16. The van der Waals surface area contributed by atoms with Crippen LogP contribution in [0.5, 0.6) is 5.75 Å². The van der Waals surface area contributed by atoms with E-state index in [1.54, 1.807) is 12.3 Å². The Morgan fingerprint density at radius 1 is 1.09 bits per heavy atom. The maximum absolute atomic E-state index is 12.5. The van der Waals surface area contributed by atoms with Crippen molar-refractivity contribution in [1.29, 1.82) is 0 Å². The molecule has 0 bridgehead atoms. The Balaban J connectivity index is 1.39. The third-order valence-electron chi connectivity index (χ3n) is 5.43. The number of hydrogen-bond donors (Lipinski definition) is 2. The lowest BCUT2D eigenvalue weighted by Crippen LogP contribution is -2.36. The van der Waals surface area contributed by atoms with Crippen LogP contribution in [0.4, 0.5) is 5.69 Å². The highest BCUT2D eigenvalue weighted by atomic mass is 32.1. The summed E-state index contributed by atoms with van der Waals surface area (Å²) in [6.07, 6.45) is 7.65. The first kappa shape index (κ1) is 25.1. The summed E-state index contributed by atoms with van der Waals surface area (Å²) < 4.78 is 11.1. The number of carbonyl (C=O) groups is 1. The van der Waals surface area contributed by atoms with Crippen molar-refractivity contribution in [2.75, 3.05) is 38.2 Å². The van der Waals surface area contributed by atoms with Gasteiger partial charge >= 0.3 is 0 Å². The van der Waals surface area contributed by atoms with Gasteiger partial charge in [-0.05, 0) is 55.0 Å². The van der Waals surface area contributed by atoms with E-state index < -0.39 is 0 Å². The van der Waals surface area contributed by atoms with Gasteiger partial charge in [-0.2, -0.15) is 0 Å². The lowest BCUT2D eigenvalue weighted by atomic mass is 10.2. The number of amides is 1. The van der Waals surface area contributed by atoms with E-state index in [0.29, 0.717) is 5.56 Å². The van der Waals surface area contributed by atoms with Gasteiger partial charge in [0.1, 0.15) is 5.75 Å². The second-order valence-electron chi connectivity index (χ2n) is 8.12. The molecule has 8 heteroatoms. The topological polar surface area (TPSA) is 75.7 Å². The number of nitrogens with zero attached hydrogens (tertiary/aromatic N) is 2. The second kappa shape index (κ2) is 13.9. The van der Waals surface area contributed by atoms with Crippen LogP contribution in [0.3, 0.4) is 0 Å². The molecule has 0 unspecified atom stereocenters. The minimum atomic E-state index is -0.291. The average molecular weight is 471 g/mol. The SMILES string of the molecule is CCCCCCCOc1ccc(NC(=S)NC(=O)c2ccc(CN3CCOCC3)nc2)cc1. The molecule has 1 amide bonds. The number of aromatic nitrogens is 1. The number of morpholine rings is 1. The van der Waals surface area contributed by atoms with E-state index in [0.717, 1.165) is 63.0 Å². The van der Waals surface area contributed by atoms with Crippen molar-refractivity contribution in [3.63, 3.8) is 0 Å². The summed E-state index contributed by atoms with van der Waals surface area (Å²) >= 11 is 5.29. The normalized spacial score (nSPS) is 14.0. The first-order valence-corrected chi connectivity index (χ1v) is 12.1. The van der Waals surface area contributed by atoms with E-state index in [9.17, 15) is 4.79 Å². The van der Waals surface area contributed by atoms with Crippen molar-refractivity contribution in [3.8, 4) is 5.75 Å². The van der Waals surface area contributed by atoms with Crippen LogP contribution in [0.15, 0.2) is 42.6 Å². The zero-order valence-electron chi connectivity index (χ0n) is 19.3. The number of unbranched alkanes of at least 4 members (excludes halogenated alkanes) is 4. The van der Waals surface area contributed by atoms with Gasteiger partial charge in [0.2, 0.25) is 0 Å². The molecule has 0 saturated carbocycles. The Bertz CT molecular complexity index is 868. The molecule has 33 heavy (non-hydrogen) atoms. The van der Waals surface area contributed by atoms with Crippen LogP contribution in [0, 0.1) is 0 Å². The number of benzene rings is 1. The van der Waals surface area contributed by atoms with Gasteiger partial charge in [0.15, 0.2) is 5.11 Å². The van der Waals surface area contributed by atoms with Crippen molar-refractivity contribution in [2.24, 2.45) is 0 Å². The maximum Gasteiger partial charge on any atom is 0.258 e. The minimum absolute atomic E-state index is 0.238. The summed E-state index contributed by atoms with van der Waals surface area (Å²) in [6, 6.07) is 11.2. The van der Waals surface area contributed by atoms with Crippen molar-refractivity contribution < 1.29 is 14.3 Å². The molecule has 1 fully saturated rings. The van der Waals surface area contributed by atoms with Crippen LogP contribution < -0.4 is 15.4 Å². The van der Waals surface area contributed by atoms with Gasteiger partial charge in [0, 0.05) is 31.5 Å². The van der Waals surface area contributed by atoms with Crippen LogP contribution in [0.1, 0.15) is 55.1 Å². The maximum atomic E-state index is 12.5. The molecule has 2 heterocycles. The highest BCUT2D eigenvalue weighted by Gasteiger charge is 2.13. The summed E-state index contributed by atoms with van der Waals surface area (Å²) in [7, 11) is 0. The molecule has 7 nitrogen and oxygen atoms in total. The molecule has 0 aliphatic carbocycles. The van der Waals surface area contributed by atoms with Crippen LogP contribution in [0.25, 0.3) is 0 Å². The van der Waals surface area contributed by atoms with E-state index in [2.05, 4.69) is 27.4 Å². The van der Waals surface area contributed by atoms with Crippen LogP contribution in [-0.4, -0.2) is 53.8 Å². The number of carbonyl (C=O) groups excluding carboxylic acids is 1.